The van der Waals surface area contributed by atoms with Crippen LogP contribution in [0.5, 0.6) is 0 Å². The number of hydrogen-bond donors (Lipinski definition) is 1. The molecule has 0 amide bonds. The number of oxazole rings is 1. The van der Waals surface area contributed by atoms with Gasteiger partial charge >= 0.3 is 0 Å². The minimum absolute atomic E-state index is 0.182. The summed E-state index contributed by atoms with van der Waals surface area (Å²) in [5.41, 5.74) is 1.17. The second-order valence-corrected chi connectivity index (χ2v) is 4.73. The summed E-state index contributed by atoms with van der Waals surface area (Å²) in [7, 11) is 0. The van der Waals surface area contributed by atoms with Gasteiger partial charge in [-0.25, -0.2) is 9.37 Å². The maximum Gasteiger partial charge on any atom is 0.209 e. The van der Waals surface area contributed by atoms with Crippen molar-refractivity contribution in [3.63, 3.8) is 0 Å². The molecule has 1 aromatic carbocycles. The first-order chi connectivity index (χ1) is 8.70. The van der Waals surface area contributed by atoms with Crippen molar-refractivity contribution in [2.24, 2.45) is 0 Å². The molecule has 1 aliphatic rings. The molecule has 2 aromatic rings. The van der Waals surface area contributed by atoms with Crippen LogP contribution >= 0.6 is 0 Å². The largest absolute Gasteiger partial charge is 0.439 e. The van der Waals surface area contributed by atoms with Crippen LogP contribution in [-0.4, -0.2) is 34.2 Å². The highest BCUT2D eigenvalue weighted by Crippen LogP contribution is 2.19. The number of aliphatic hydroxyl groups is 1. The fourth-order valence-electron chi connectivity index (χ4n) is 2.28. The highest BCUT2D eigenvalue weighted by atomic mass is 19.1. The molecule has 96 valence electrons. The monoisotopic (exact) mass is 250 g/mol. The Morgan fingerprint density at radius 3 is 2.94 bits per heavy atom. The highest BCUT2D eigenvalue weighted by molar-refractivity contribution is 5.72. The Morgan fingerprint density at radius 2 is 2.17 bits per heavy atom. The minimum Gasteiger partial charge on any atom is -0.439 e. The molecular formula is C13H15FN2O2. The smallest absolute Gasteiger partial charge is 0.209 e. The first-order valence-electron chi connectivity index (χ1n) is 6.16. The van der Waals surface area contributed by atoms with Gasteiger partial charge in [-0.15, -0.1) is 0 Å². The van der Waals surface area contributed by atoms with E-state index >= 15 is 0 Å². The second-order valence-electron chi connectivity index (χ2n) is 4.73. The maximum absolute atomic E-state index is 13.0. The Bertz CT molecular complexity index is 547. The Kier molecular flexibility index (Phi) is 3.01. The van der Waals surface area contributed by atoms with E-state index in [0.717, 1.165) is 25.9 Å². The topological polar surface area (TPSA) is 49.5 Å². The number of piperidine rings is 1. The maximum atomic E-state index is 13.0. The fourth-order valence-corrected chi connectivity index (χ4v) is 2.28. The summed E-state index contributed by atoms with van der Waals surface area (Å²) in [6, 6.07) is 4.35. The van der Waals surface area contributed by atoms with Gasteiger partial charge in [-0.3, -0.25) is 4.90 Å². The van der Waals surface area contributed by atoms with Gasteiger partial charge in [0.1, 0.15) is 11.3 Å². The average Bonchev–Trinajstić information content (AvgIpc) is 2.73. The van der Waals surface area contributed by atoms with Crippen molar-refractivity contribution in [2.45, 2.75) is 25.5 Å². The van der Waals surface area contributed by atoms with Gasteiger partial charge in [0.2, 0.25) is 5.89 Å². The van der Waals surface area contributed by atoms with E-state index in [4.69, 9.17) is 4.42 Å². The third-order valence-electron chi connectivity index (χ3n) is 3.31. The minimum atomic E-state index is -0.302. The number of aliphatic hydroxyl groups excluding tert-OH is 1. The van der Waals surface area contributed by atoms with Crippen molar-refractivity contribution in [2.75, 3.05) is 13.1 Å². The average molecular weight is 250 g/mol. The van der Waals surface area contributed by atoms with Crippen molar-refractivity contribution in [1.82, 2.24) is 9.88 Å². The third-order valence-corrected chi connectivity index (χ3v) is 3.31. The lowest BCUT2D eigenvalue weighted by Crippen LogP contribution is -2.35. The molecule has 4 nitrogen and oxygen atoms in total. The Labute approximate surface area is 104 Å². The molecule has 0 aliphatic carbocycles. The lowest BCUT2D eigenvalue weighted by Gasteiger charge is -2.28. The van der Waals surface area contributed by atoms with Gasteiger partial charge in [-0.1, -0.05) is 0 Å². The standard InChI is InChI=1S/C13H15FN2O2/c14-9-1-2-12-11(7-9)15-13(18-12)8-16-5-3-10(17)4-6-16/h1-2,7,10,17H,3-6,8H2. The predicted molar refractivity (Wildman–Crippen MR) is 64.5 cm³/mol. The molecule has 0 saturated carbocycles. The molecule has 1 aliphatic heterocycles. The van der Waals surface area contributed by atoms with E-state index in [2.05, 4.69) is 9.88 Å². The van der Waals surface area contributed by atoms with Gasteiger partial charge in [-0.05, 0) is 25.0 Å². The van der Waals surface area contributed by atoms with Crippen LogP contribution in [0.25, 0.3) is 11.1 Å². The molecule has 1 aromatic heterocycles. The summed E-state index contributed by atoms with van der Waals surface area (Å²) in [6.45, 7) is 2.30. The molecule has 5 heteroatoms. The summed E-state index contributed by atoms with van der Waals surface area (Å²) >= 11 is 0. The summed E-state index contributed by atoms with van der Waals surface area (Å²) in [4.78, 5) is 6.46. The molecule has 0 radical (unpaired) electrons. The first-order valence-corrected chi connectivity index (χ1v) is 6.16. The van der Waals surface area contributed by atoms with Crippen LogP contribution in [0.15, 0.2) is 22.6 Å². The fraction of sp³-hybridized carbons (Fsp3) is 0.462. The molecule has 1 saturated heterocycles. The molecule has 0 atom stereocenters. The molecule has 3 rings (SSSR count). The number of fused-ring (bicyclic) bond motifs is 1. The number of hydrogen-bond acceptors (Lipinski definition) is 4. The number of benzene rings is 1. The van der Waals surface area contributed by atoms with Crippen LogP contribution in [0, 0.1) is 5.82 Å². The summed E-state index contributed by atoms with van der Waals surface area (Å²) < 4.78 is 18.6. The zero-order chi connectivity index (χ0) is 12.5. The summed E-state index contributed by atoms with van der Waals surface area (Å²) in [5.74, 6) is 0.301. The number of rotatable bonds is 2. The Hall–Kier alpha value is -1.46. The van der Waals surface area contributed by atoms with Gasteiger partial charge in [0.25, 0.3) is 0 Å². The SMILES string of the molecule is OC1CCN(Cc2nc3cc(F)ccc3o2)CC1. The lowest BCUT2D eigenvalue weighted by molar-refractivity contribution is 0.0754. The molecule has 18 heavy (non-hydrogen) atoms. The lowest BCUT2D eigenvalue weighted by atomic mass is 10.1. The number of likely N-dealkylation sites (tertiary alicyclic amines) is 1. The summed E-state index contributed by atoms with van der Waals surface area (Å²) in [5, 5.41) is 9.43. The van der Waals surface area contributed by atoms with Gasteiger partial charge in [0, 0.05) is 19.2 Å². The Morgan fingerprint density at radius 1 is 1.39 bits per heavy atom. The van der Waals surface area contributed by atoms with E-state index in [1.54, 1.807) is 6.07 Å². The molecule has 0 bridgehead atoms. The van der Waals surface area contributed by atoms with Crippen LogP contribution < -0.4 is 0 Å². The van der Waals surface area contributed by atoms with E-state index in [-0.39, 0.29) is 11.9 Å². The van der Waals surface area contributed by atoms with E-state index in [1.807, 2.05) is 0 Å². The normalized spacial score (nSPS) is 18.6. The molecule has 0 spiro atoms. The molecule has 1 N–H and O–H groups in total. The summed E-state index contributed by atoms with van der Waals surface area (Å²) in [6.07, 6.45) is 1.39. The van der Waals surface area contributed by atoms with E-state index < -0.39 is 0 Å². The third kappa shape index (κ3) is 2.37. The van der Waals surface area contributed by atoms with Crippen molar-refractivity contribution in [3.05, 3.63) is 29.9 Å². The van der Waals surface area contributed by atoms with Crippen LogP contribution in [-0.2, 0) is 6.54 Å². The molecule has 0 unspecified atom stereocenters. The van der Waals surface area contributed by atoms with Crippen LogP contribution in [0.2, 0.25) is 0 Å². The number of aromatic nitrogens is 1. The molecule has 1 fully saturated rings. The van der Waals surface area contributed by atoms with Crippen LogP contribution in [0.4, 0.5) is 4.39 Å². The van der Waals surface area contributed by atoms with E-state index in [1.165, 1.54) is 12.1 Å². The molecule has 2 heterocycles. The number of nitrogens with zero attached hydrogens (tertiary/aromatic N) is 2. The van der Waals surface area contributed by atoms with Crippen molar-refractivity contribution >= 4 is 11.1 Å². The van der Waals surface area contributed by atoms with Gasteiger partial charge in [0.15, 0.2) is 5.58 Å². The second kappa shape index (κ2) is 4.66. The van der Waals surface area contributed by atoms with E-state index in [9.17, 15) is 9.50 Å². The Balaban J connectivity index is 1.74. The van der Waals surface area contributed by atoms with Crippen molar-refractivity contribution in [1.29, 1.82) is 0 Å². The van der Waals surface area contributed by atoms with Gasteiger partial charge in [-0.2, -0.15) is 0 Å². The van der Waals surface area contributed by atoms with Crippen molar-refractivity contribution < 1.29 is 13.9 Å². The van der Waals surface area contributed by atoms with Gasteiger partial charge in [0.05, 0.1) is 12.6 Å². The molecular weight excluding hydrogens is 235 g/mol. The first kappa shape index (κ1) is 11.6. The van der Waals surface area contributed by atoms with E-state index in [0.29, 0.717) is 23.5 Å². The zero-order valence-corrected chi connectivity index (χ0v) is 9.97. The van der Waals surface area contributed by atoms with Crippen LogP contribution in [0.1, 0.15) is 18.7 Å². The quantitative estimate of drug-likeness (QED) is 0.884. The highest BCUT2D eigenvalue weighted by Gasteiger charge is 2.18. The van der Waals surface area contributed by atoms with Crippen molar-refractivity contribution in [3.8, 4) is 0 Å². The van der Waals surface area contributed by atoms with Crippen LogP contribution in [0.3, 0.4) is 0 Å². The van der Waals surface area contributed by atoms with Gasteiger partial charge < -0.3 is 9.52 Å². The number of halogens is 1. The zero-order valence-electron chi connectivity index (χ0n) is 9.97. The predicted octanol–water partition coefficient (Wildman–Crippen LogP) is 1.92.